The van der Waals surface area contributed by atoms with Gasteiger partial charge in [-0.2, -0.15) is 0 Å². The van der Waals surface area contributed by atoms with Crippen molar-refractivity contribution in [1.82, 2.24) is 0 Å². The highest BCUT2D eigenvalue weighted by Crippen LogP contribution is 2.53. The summed E-state index contributed by atoms with van der Waals surface area (Å²) in [7, 11) is 0. The van der Waals surface area contributed by atoms with Gasteiger partial charge in [-0.15, -0.1) is 0 Å². The second-order valence-electron chi connectivity index (χ2n) is 5.85. The molecule has 0 N–H and O–H groups in total. The molecule has 96 valence electrons. The molecule has 3 nitrogen and oxygen atoms in total. The van der Waals surface area contributed by atoms with Crippen LogP contribution in [0, 0.1) is 30.6 Å². The van der Waals surface area contributed by atoms with Gasteiger partial charge in [-0.05, 0) is 42.9 Å². The van der Waals surface area contributed by atoms with Gasteiger partial charge in [0.1, 0.15) is 0 Å². The van der Waals surface area contributed by atoms with Crippen molar-refractivity contribution in [2.45, 2.75) is 13.3 Å². The van der Waals surface area contributed by atoms with E-state index in [9.17, 15) is 9.59 Å². The number of hydrogen-bond acceptors (Lipinski definition) is 2. The van der Waals surface area contributed by atoms with E-state index in [-0.39, 0.29) is 35.5 Å². The molecular weight excluding hydrogens is 238 g/mol. The van der Waals surface area contributed by atoms with E-state index in [0.717, 1.165) is 17.7 Å². The lowest BCUT2D eigenvalue weighted by atomic mass is 9.85. The Morgan fingerprint density at radius 3 is 2.26 bits per heavy atom. The SMILES string of the molecule is Cc1cccc(N2C(=O)[C@@H]3[C@H](C2=O)[C@@H]2C=C[C@H]3C2)c1. The molecule has 1 saturated heterocycles. The number of benzene rings is 1. The number of hydrogen-bond donors (Lipinski definition) is 0. The fourth-order valence-corrected chi connectivity index (χ4v) is 3.92. The second kappa shape index (κ2) is 3.56. The van der Waals surface area contributed by atoms with Gasteiger partial charge in [-0.1, -0.05) is 24.3 Å². The third kappa shape index (κ3) is 1.33. The van der Waals surface area contributed by atoms with Gasteiger partial charge < -0.3 is 0 Å². The molecule has 2 amide bonds. The van der Waals surface area contributed by atoms with Crippen molar-refractivity contribution < 1.29 is 9.59 Å². The van der Waals surface area contributed by atoms with Crippen molar-refractivity contribution in [3.63, 3.8) is 0 Å². The van der Waals surface area contributed by atoms with Gasteiger partial charge in [-0.25, -0.2) is 0 Å². The van der Waals surface area contributed by atoms with Crippen LogP contribution in [0.5, 0.6) is 0 Å². The minimum absolute atomic E-state index is 0.00236. The van der Waals surface area contributed by atoms with E-state index in [1.807, 2.05) is 31.2 Å². The Hall–Kier alpha value is -1.90. The lowest BCUT2D eigenvalue weighted by Crippen LogP contribution is -2.32. The third-order valence-electron chi connectivity index (χ3n) is 4.73. The Labute approximate surface area is 111 Å². The minimum atomic E-state index is -0.108. The highest BCUT2D eigenvalue weighted by Gasteiger charge is 2.59. The lowest BCUT2D eigenvalue weighted by Gasteiger charge is -2.17. The molecule has 0 aromatic heterocycles. The van der Waals surface area contributed by atoms with Crippen LogP contribution < -0.4 is 4.90 Å². The van der Waals surface area contributed by atoms with Crippen LogP contribution in [0.2, 0.25) is 0 Å². The number of amides is 2. The van der Waals surface area contributed by atoms with E-state index in [0.29, 0.717) is 0 Å². The van der Waals surface area contributed by atoms with E-state index < -0.39 is 0 Å². The van der Waals surface area contributed by atoms with Gasteiger partial charge >= 0.3 is 0 Å². The largest absolute Gasteiger partial charge is 0.274 e. The Bertz CT molecular complexity index is 589. The highest BCUT2D eigenvalue weighted by molar-refractivity contribution is 6.22. The van der Waals surface area contributed by atoms with Gasteiger partial charge in [0.05, 0.1) is 17.5 Å². The predicted molar refractivity (Wildman–Crippen MR) is 71.4 cm³/mol. The summed E-state index contributed by atoms with van der Waals surface area (Å²) in [5.41, 5.74) is 1.79. The number of anilines is 1. The molecule has 2 fully saturated rings. The molecule has 3 heteroatoms. The standard InChI is InChI=1S/C16H15NO2/c1-9-3-2-4-12(7-9)17-15(18)13-10-5-6-11(8-10)14(13)16(17)19/h2-7,10-11,13-14H,8H2,1H3/t10-,11+,13-,14+. The zero-order chi connectivity index (χ0) is 13.1. The van der Waals surface area contributed by atoms with Gasteiger partial charge in [0.25, 0.3) is 0 Å². The van der Waals surface area contributed by atoms with Gasteiger partial charge in [0.2, 0.25) is 11.8 Å². The summed E-state index contributed by atoms with van der Waals surface area (Å²) in [6.45, 7) is 1.97. The van der Waals surface area contributed by atoms with Gasteiger partial charge in [-0.3, -0.25) is 14.5 Å². The summed E-state index contributed by atoms with van der Waals surface area (Å²) >= 11 is 0. The normalized spacial score (nSPS) is 35.3. The summed E-state index contributed by atoms with van der Waals surface area (Å²) in [6.07, 6.45) is 5.22. The second-order valence-corrected chi connectivity index (χ2v) is 5.85. The molecule has 2 bridgehead atoms. The maximum Gasteiger partial charge on any atom is 0.238 e. The topological polar surface area (TPSA) is 37.4 Å². The number of carbonyl (C=O) groups excluding carboxylic acids is 2. The first-order chi connectivity index (χ1) is 9.16. The molecule has 1 heterocycles. The highest BCUT2D eigenvalue weighted by atomic mass is 16.2. The summed E-state index contributed by atoms with van der Waals surface area (Å²) in [6, 6.07) is 7.62. The predicted octanol–water partition coefficient (Wildman–Crippen LogP) is 2.31. The van der Waals surface area contributed by atoms with Gasteiger partial charge in [0.15, 0.2) is 0 Å². The molecule has 1 aromatic rings. The number of imide groups is 1. The molecule has 1 aromatic carbocycles. The maximum atomic E-state index is 12.6. The fraction of sp³-hybridized carbons (Fsp3) is 0.375. The Morgan fingerprint density at radius 1 is 1.05 bits per heavy atom. The van der Waals surface area contributed by atoms with Crippen LogP contribution >= 0.6 is 0 Å². The first-order valence-electron chi connectivity index (χ1n) is 6.79. The smallest absolute Gasteiger partial charge is 0.238 e. The van der Waals surface area contributed by atoms with Crippen molar-refractivity contribution >= 4 is 17.5 Å². The monoisotopic (exact) mass is 253 g/mol. The quantitative estimate of drug-likeness (QED) is 0.569. The molecule has 19 heavy (non-hydrogen) atoms. The molecule has 3 aliphatic rings. The van der Waals surface area contributed by atoms with Crippen LogP contribution in [-0.2, 0) is 9.59 Å². The molecule has 0 radical (unpaired) electrons. The van der Waals surface area contributed by atoms with Crippen molar-refractivity contribution in [3.8, 4) is 0 Å². The van der Waals surface area contributed by atoms with E-state index in [1.165, 1.54) is 4.90 Å². The molecule has 0 spiro atoms. The van der Waals surface area contributed by atoms with E-state index in [2.05, 4.69) is 12.2 Å². The number of rotatable bonds is 1. The number of allylic oxidation sites excluding steroid dienone is 2. The van der Waals surface area contributed by atoms with Crippen LogP contribution in [0.1, 0.15) is 12.0 Å². The molecule has 4 atom stereocenters. The number of carbonyl (C=O) groups is 2. The van der Waals surface area contributed by atoms with Crippen LogP contribution in [0.25, 0.3) is 0 Å². The molecule has 2 aliphatic carbocycles. The van der Waals surface area contributed by atoms with Crippen molar-refractivity contribution in [2.75, 3.05) is 4.90 Å². The van der Waals surface area contributed by atoms with Crippen molar-refractivity contribution in [2.24, 2.45) is 23.7 Å². The minimum Gasteiger partial charge on any atom is -0.274 e. The first-order valence-corrected chi connectivity index (χ1v) is 6.79. The van der Waals surface area contributed by atoms with Gasteiger partial charge in [0, 0.05) is 0 Å². The first kappa shape index (κ1) is 11.0. The van der Waals surface area contributed by atoms with Crippen LogP contribution in [0.3, 0.4) is 0 Å². The number of fused-ring (bicyclic) bond motifs is 5. The van der Waals surface area contributed by atoms with Crippen LogP contribution in [0.15, 0.2) is 36.4 Å². The Balaban J connectivity index is 1.77. The molecule has 4 rings (SSSR count). The molecule has 1 saturated carbocycles. The van der Waals surface area contributed by atoms with Crippen LogP contribution in [0.4, 0.5) is 5.69 Å². The number of aryl methyl sites for hydroxylation is 1. The summed E-state index contributed by atoms with van der Waals surface area (Å²) in [4.78, 5) is 26.6. The van der Waals surface area contributed by atoms with E-state index in [4.69, 9.17) is 0 Å². The zero-order valence-electron chi connectivity index (χ0n) is 10.7. The third-order valence-corrected chi connectivity index (χ3v) is 4.73. The van der Waals surface area contributed by atoms with Crippen molar-refractivity contribution in [3.05, 3.63) is 42.0 Å². The number of nitrogens with zero attached hydrogens (tertiary/aromatic N) is 1. The zero-order valence-corrected chi connectivity index (χ0v) is 10.7. The van der Waals surface area contributed by atoms with E-state index >= 15 is 0 Å². The molecule has 1 aliphatic heterocycles. The molecule has 0 unspecified atom stereocenters. The average molecular weight is 253 g/mol. The Morgan fingerprint density at radius 2 is 1.68 bits per heavy atom. The average Bonchev–Trinajstić information content (AvgIpc) is 3.04. The lowest BCUT2D eigenvalue weighted by molar-refractivity contribution is -0.123. The summed E-state index contributed by atoms with van der Waals surface area (Å²) in [5.74, 6) is 0.337. The van der Waals surface area contributed by atoms with Crippen LogP contribution in [-0.4, -0.2) is 11.8 Å². The fourth-order valence-electron chi connectivity index (χ4n) is 3.92. The maximum absolute atomic E-state index is 12.6. The van der Waals surface area contributed by atoms with E-state index in [1.54, 1.807) is 0 Å². The summed E-state index contributed by atoms with van der Waals surface area (Å²) < 4.78 is 0. The Kier molecular flexibility index (Phi) is 2.06. The van der Waals surface area contributed by atoms with Crippen molar-refractivity contribution in [1.29, 1.82) is 0 Å². The molecular formula is C16H15NO2. The summed E-state index contributed by atoms with van der Waals surface area (Å²) in [5, 5.41) is 0.